The van der Waals surface area contributed by atoms with Crippen molar-refractivity contribution >= 4 is 9.84 Å². The third kappa shape index (κ3) is 7.97. The summed E-state index contributed by atoms with van der Waals surface area (Å²) in [5, 5.41) is 4.43. The number of aromatic nitrogens is 4. The number of hydrogen-bond acceptors (Lipinski definition) is 6. The van der Waals surface area contributed by atoms with Crippen LogP contribution >= 0.6 is 0 Å². The van der Waals surface area contributed by atoms with Crippen LogP contribution in [-0.4, -0.2) is 40.1 Å². The molecule has 0 spiro atoms. The number of rotatable bonds is 12. The zero-order valence-electron chi connectivity index (χ0n) is 28.0. The Morgan fingerprint density at radius 2 is 1.57 bits per heavy atom. The molecule has 0 saturated heterocycles. The van der Waals surface area contributed by atoms with Gasteiger partial charge in [0, 0.05) is 18.5 Å². The molecule has 0 amide bonds. The zero-order chi connectivity index (χ0) is 32.9. The third-order valence-corrected chi connectivity index (χ3v) is 11.3. The van der Waals surface area contributed by atoms with Crippen LogP contribution in [0.3, 0.4) is 0 Å². The maximum atomic E-state index is 13.2. The van der Waals surface area contributed by atoms with Crippen molar-refractivity contribution in [1.29, 1.82) is 0 Å². The van der Waals surface area contributed by atoms with E-state index in [0.717, 1.165) is 67.6 Å². The second kappa shape index (κ2) is 14.4. The Kier molecular flexibility index (Phi) is 10.5. The van der Waals surface area contributed by atoms with E-state index in [0.29, 0.717) is 31.0 Å². The number of methoxy groups -OCH3 is 1. The first-order valence-corrected chi connectivity index (χ1v) is 18.3. The Morgan fingerprint density at radius 3 is 2.20 bits per heavy atom. The normalized spacial score (nSPS) is 14.5. The molecule has 1 saturated carbocycles. The minimum Gasteiger partial charge on any atom is -0.495 e. The van der Waals surface area contributed by atoms with E-state index in [1.54, 1.807) is 16.4 Å². The first-order valence-electron chi connectivity index (χ1n) is 16.6. The monoisotopic (exact) mass is 644 g/mol. The predicted octanol–water partition coefficient (Wildman–Crippen LogP) is 6.90. The SMILES string of the molecule is CCn1c(CCCc2ccc(-c3ccc(OC)c(CS(=O)(=O)C4CCCCC4)n3)cc2)nn(Cc2ccc(C(C)(C)C)cc2)c1=O. The lowest BCUT2D eigenvalue weighted by Crippen LogP contribution is -2.25. The topological polar surface area (TPSA) is 96.1 Å². The van der Waals surface area contributed by atoms with Gasteiger partial charge in [0.05, 0.1) is 36.0 Å². The highest BCUT2D eigenvalue weighted by Gasteiger charge is 2.29. The van der Waals surface area contributed by atoms with Crippen molar-refractivity contribution in [3.63, 3.8) is 0 Å². The van der Waals surface area contributed by atoms with Crippen LogP contribution in [0.1, 0.15) is 94.4 Å². The maximum absolute atomic E-state index is 13.2. The quantitative estimate of drug-likeness (QED) is 0.166. The molecule has 0 bridgehead atoms. The van der Waals surface area contributed by atoms with Gasteiger partial charge in [-0.15, -0.1) is 0 Å². The zero-order valence-corrected chi connectivity index (χ0v) is 28.8. The van der Waals surface area contributed by atoms with Gasteiger partial charge in [0.2, 0.25) is 0 Å². The first kappa shape index (κ1) is 33.6. The largest absolute Gasteiger partial charge is 0.495 e. The molecule has 0 N–H and O–H groups in total. The first-order chi connectivity index (χ1) is 22.0. The standard InChI is InChI=1S/C37H48N4O4S/c1-6-40-35(39-41(36(40)42)25-28-17-21-30(22-18-28)37(2,3)4)14-10-11-27-15-19-29(20-16-27)32-23-24-34(45-5)33(38-32)26-46(43,44)31-12-8-7-9-13-31/h15-24,31H,6-14,25-26H2,1-5H3. The molecule has 8 nitrogen and oxygen atoms in total. The third-order valence-electron chi connectivity index (χ3n) is 9.13. The van der Waals surface area contributed by atoms with E-state index in [2.05, 4.69) is 57.2 Å². The van der Waals surface area contributed by atoms with Gasteiger partial charge in [-0.05, 0) is 66.8 Å². The fraction of sp³-hybridized carbons (Fsp3) is 0.486. The van der Waals surface area contributed by atoms with E-state index < -0.39 is 9.84 Å². The molecule has 2 heterocycles. The lowest BCUT2D eigenvalue weighted by molar-refractivity contribution is 0.408. The summed E-state index contributed by atoms with van der Waals surface area (Å²) < 4.78 is 35.2. The number of hydrogen-bond donors (Lipinski definition) is 0. The second-order valence-corrected chi connectivity index (χ2v) is 15.8. The van der Waals surface area contributed by atoms with Gasteiger partial charge in [0.1, 0.15) is 11.6 Å². The molecule has 2 aromatic carbocycles. The highest BCUT2D eigenvalue weighted by atomic mass is 32.2. The minimum absolute atomic E-state index is 0.0698. The van der Waals surface area contributed by atoms with Crippen molar-refractivity contribution in [2.24, 2.45) is 0 Å². The van der Waals surface area contributed by atoms with Gasteiger partial charge in [0.15, 0.2) is 9.84 Å². The molecule has 1 aliphatic carbocycles. The van der Waals surface area contributed by atoms with Crippen LogP contribution in [0.5, 0.6) is 5.75 Å². The molecule has 9 heteroatoms. The molecule has 246 valence electrons. The van der Waals surface area contributed by atoms with Gasteiger partial charge in [-0.25, -0.2) is 22.9 Å². The van der Waals surface area contributed by atoms with Crippen LogP contribution in [-0.2, 0) is 46.9 Å². The van der Waals surface area contributed by atoms with Gasteiger partial charge in [-0.2, -0.15) is 5.10 Å². The second-order valence-electron chi connectivity index (χ2n) is 13.5. The van der Waals surface area contributed by atoms with Gasteiger partial charge < -0.3 is 4.74 Å². The van der Waals surface area contributed by atoms with Crippen LogP contribution in [0.25, 0.3) is 11.3 Å². The van der Waals surface area contributed by atoms with Gasteiger partial charge in [-0.3, -0.25) is 4.57 Å². The van der Waals surface area contributed by atoms with Crippen molar-refractivity contribution in [2.45, 2.75) is 109 Å². The minimum atomic E-state index is -3.31. The molecule has 5 rings (SSSR count). The molecule has 0 atom stereocenters. The highest BCUT2D eigenvalue weighted by Crippen LogP contribution is 2.30. The summed E-state index contributed by atoms with van der Waals surface area (Å²) >= 11 is 0. The number of pyridine rings is 1. The van der Waals surface area contributed by atoms with Crippen LogP contribution in [0.2, 0.25) is 0 Å². The van der Waals surface area contributed by atoms with Crippen molar-refractivity contribution < 1.29 is 13.2 Å². The molecule has 0 aliphatic heterocycles. The molecule has 46 heavy (non-hydrogen) atoms. The number of nitrogens with zero attached hydrogens (tertiary/aromatic N) is 4. The molecule has 0 unspecified atom stereocenters. The molecule has 0 radical (unpaired) electrons. The fourth-order valence-corrected chi connectivity index (χ4v) is 8.21. The summed E-state index contributed by atoms with van der Waals surface area (Å²) in [6.07, 6.45) is 6.92. The van der Waals surface area contributed by atoms with Crippen molar-refractivity contribution in [2.75, 3.05) is 7.11 Å². The van der Waals surface area contributed by atoms with Crippen molar-refractivity contribution in [3.8, 4) is 17.0 Å². The van der Waals surface area contributed by atoms with E-state index in [9.17, 15) is 13.2 Å². The average molecular weight is 645 g/mol. The Balaban J connectivity index is 1.22. The Morgan fingerprint density at radius 1 is 0.891 bits per heavy atom. The van der Waals surface area contributed by atoms with Gasteiger partial charge >= 0.3 is 5.69 Å². The van der Waals surface area contributed by atoms with E-state index in [1.165, 1.54) is 11.1 Å². The predicted molar refractivity (Wildman–Crippen MR) is 184 cm³/mol. The summed E-state index contributed by atoms with van der Waals surface area (Å²) in [6.45, 7) is 9.61. The average Bonchev–Trinajstić information content (AvgIpc) is 3.34. The number of aryl methyl sites for hydroxylation is 2. The molecule has 2 aromatic heterocycles. The number of benzene rings is 2. The van der Waals surface area contributed by atoms with Gasteiger partial charge in [0.25, 0.3) is 0 Å². The Labute approximate surface area is 273 Å². The van der Waals surface area contributed by atoms with Crippen LogP contribution in [0.4, 0.5) is 0 Å². The summed E-state index contributed by atoms with van der Waals surface area (Å²) in [5.41, 5.74) is 5.65. The summed E-state index contributed by atoms with van der Waals surface area (Å²) in [6, 6.07) is 20.4. The van der Waals surface area contributed by atoms with E-state index in [1.807, 2.05) is 31.2 Å². The maximum Gasteiger partial charge on any atom is 0.346 e. The lowest BCUT2D eigenvalue weighted by Gasteiger charge is -2.22. The summed E-state index contributed by atoms with van der Waals surface area (Å²) in [4.78, 5) is 17.8. The molecule has 4 aromatic rings. The number of sulfone groups is 1. The van der Waals surface area contributed by atoms with Crippen LogP contribution in [0, 0.1) is 0 Å². The van der Waals surface area contributed by atoms with Crippen LogP contribution < -0.4 is 10.4 Å². The molecular weight excluding hydrogens is 596 g/mol. The Bertz CT molecular complexity index is 1780. The molecular formula is C37H48N4O4S. The smallest absolute Gasteiger partial charge is 0.346 e. The van der Waals surface area contributed by atoms with E-state index in [4.69, 9.17) is 14.8 Å². The highest BCUT2D eigenvalue weighted by molar-refractivity contribution is 7.91. The van der Waals surface area contributed by atoms with E-state index >= 15 is 0 Å². The van der Waals surface area contributed by atoms with Gasteiger partial charge in [-0.1, -0.05) is 88.6 Å². The molecule has 1 aliphatic rings. The van der Waals surface area contributed by atoms with Crippen molar-refractivity contribution in [3.05, 3.63) is 99.4 Å². The van der Waals surface area contributed by atoms with E-state index in [-0.39, 0.29) is 22.1 Å². The Hall–Kier alpha value is -3.72. The summed E-state index contributed by atoms with van der Waals surface area (Å²) in [5.74, 6) is 1.22. The summed E-state index contributed by atoms with van der Waals surface area (Å²) in [7, 11) is -1.75. The number of ether oxygens (including phenoxy) is 1. The lowest BCUT2D eigenvalue weighted by atomic mass is 9.87. The fourth-order valence-electron chi connectivity index (χ4n) is 6.34. The van der Waals surface area contributed by atoms with Crippen molar-refractivity contribution in [1.82, 2.24) is 19.3 Å². The van der Waals surface area contributed by atoms with Crippen LogP contribution in [0.15, 0.2) is 65.5 Å². The molecule has 1 fully saturated rings.